The van der Waals surface area contributed by atoms with Crippen molar-refractivity contribution in [2.75, 3.05) is 13.1 Å². The van der Waals surface area contributed by atoms with Crippen molar-refractivity contribution in [3.05, 3.63) is 71.9 Å². The zero-order chi connectivity index (χ0) is 35.1. The van der Waals surface area contributed by atoms with Gasteiger partial charge in [-0.25, -0.2) is 4.79 Å². The van der Waals surface area contributed by atoms with Gasteiger partial charge in [-0.1, -0.05) is 48.5 Å². The van der Waals surface area contributed by atoms with Gasteiger partial charge in [0.2, 0.25) is 17.7 Å². The summed E-state index contributed by atoms with van der Waals surface area (Å²) in [6.07, 6.45) is 2.90. The van der Waals surface area contributed by atoms with Crippen LogP contribution in [0.4, 0.5) is 0 Å². The molecule has 15 N–H and O–H groups in total. The highest BCUT2D eigenvalue weighted by atomic mass is 16.4. The van der Waals surface area contributed by atoms with Crippen molar-refractivity contribution in [1.29, 1.82) is 0 Å². The molecule has 1 aromatic heterocycles. The number of carboxylic acid groups (broad SMARTS) is 1. The third-order valence-corrected chi connectivity index (χ3v) is 7.51. The predicted octanol–water partition coefficient (Wildman–Crippen LogP) is -1.07. The molecular weight excluding hydrogens is 618 g/mol. The Labute approximate surface area is 278 Å². The van der Waals surface area contributed by atoms with Crippen LogP contribution in [0.25, 0.3) is 10.9 Å². The zero-order valence-electron chi connectivity index (χ0n) is 26.6. The molecule has 3 rings (SSSR count). The van der Waals surface area contributed by atoms with Crippen molar-refractivity contribution >= 4 is 46.5 Å². The first-order valence-electron chi connectivity index (χ1n) is 15.5. The highest BCUT2D eigenvalue weighted by molar-refractivity contribution is 5.95. The summed E-state index contributed by atoms with van der Waals surface area (Å²) in [4.78, 5) is 63.6. The van der Waals surface area contributed by atoms with Gasteiger partial charge in [-0.3, -0.25) is 24.4 Å². The number of hydrogen-bond acceptors (Lipinski definition) is 7. The molecule has 0 saturated carbocycles. The number of nitrogens with two attached hydrogens (primary N) is 5. The minimum Gasteiger partial charge on any atom is -0.480 e. The average molecular weight is 664 g/mol. The van der Waals surface area contributed by atoms with Crippen molar-refractivity contribution in [2.45, 2.75) is 62.7 Å². The number of amides is 3. The number of fused-ring (bicyclic) bond motifs is 1. The van der Waals surface area contributed by atoms with Gasteiger partial charge in [0, 0.05) is 43.0 Å². The van der Waals surface area contributed by atoms with Gasteiger partial charge in [0.15, 0.2) is 11.9 Å². The average Bonchev–Trinajstić information content (AvgIpc) is 3.46. The molecule has 0 aliphatic rings. The Bertz CT molecular complexity index is 1580. The predicted molar refractivity (Wildman–Crippen MR) is 183 cm³/mol. The van der Waals surface area contributed by atoms with Gasteiger partial charge in [-0.15, -0.1) is 0 Å². The van der Waals surface area contributed by atoms with Gasteiger partial charge in [-0.2, -0.15) is 0 Å². The van der Waals surface area contributed by atoms with Crippen molar-refractivity contribution < 1.29 is 24.3 Å². The van der Waals surface area contributed by atoms with Crippen LogP contribution in [0.5, 0.6) is 0 Å². The maximum Gasteiger partial charge on any atom is 0.326 e. The number of aliphatic imine (C=N–C) groups is 2. The number of nitrogens with zero attached hydrogens (tertiary/aromatic N) is 2. The monoisotopic (exact) mass is 663 g/mol. The number of carbonyl (C=O) groups excluding carboxylic acids is 3. The number of H-pyrrole nitrogens is 1. The molecule has 0 fully saturated rings. The Morgan fingerprint density at radius 1 is 0.708 bits per heavy atom. The minimum atomic E-state index is -1.26. The Kier molecular flexibility index (Phi) is 14.2. The van der Waals surface area contributed by atoms with Crippen LogP contribution < -0.4 is 44.6 Å². The van der Waals surface area contributed by atoms with E-state index in [1.165, 1.54) is 0 Å². The van der Waals surface area contributed by atoms with Crippen LogP contribution in [0.3, 0.4) is 0 Å². The standard InChI is InChI=1S/C32H45N11O5/c33-22(11-6-14-38-31(34)35)27(44)42-26(17-20-18-40-23-12-5-4-10-21(20)23)29(46)43-25(16-19-8-2-1-3-9-19)28(45)41-24(30(47)48)13-7-15-39-32(36)37/h1-5,8-10,12,18,22,24-26,40H,6-7,11,13-17,33H2,(H,41,45)(H,42,44)(H,43,46)(H,47,48)(H4,34,35,38)(H4,36,37,39)/t22-,24-,25-,26-/m0/s1. The Morgan fingerprint density at radius 3 is 1.88 bits per heavy atom. The first kappa shape index (κ1) is 36.8. The number of para-hydroxylation sites is 1. The van der Waals surface area contributed by atoms with Crippen molar-refractivity contribution in [1.82, 2.24) is 20.9 Å². The van der Waals surface area contributed by atoms with Crippen LogP contribution in [0, 0.1) is 0 Å². The summed E-state index contributed by atoms with van der Waals surface area (Å²) in [7, 11) is 0. The lowest BCUT2D eigenvalue weighted by Gasteiger charge is -2.25. The Morgan fingerprint density at radius 2 is 1.25 bits per heavy atom. The quantitative estimate of drug-likeness (QED) is 0.0420. The Hall–Kier alpha value is -5.64. The molecule has 0 bridgehead atoms. The second kappa shape index (κ2) is 18.5. The molecule has 3 amide bonds. The van der Waals surface area contributed by atoms with Crippen LogP contribution in [-0.4, -0.2) is 83.0 Å². The number of aliphatic carboxylic acids is 1. The van der Waals surface area contributed by atoms with Gasteiger partial charge < -0.3 is 54.7 Å². The number of aromatic nitrogens is 1. The van der Waals surface area contributed by atoms with Gasteiger partial charge in [0.05, 0.1) is 6.04 Å². The summed E-state index contributed by atoms with van der Waals surface area (Å²) in [5.74, 6) is -3.39. The number of benzene rings is 2. The SMILES string of the molecule is NC(N)=NCCC[C@H](NC(=O)[C@H](Cc1ccccc1)NC(=O)[C@H](Cc1c[nH]c2ccccc12)NC(=O)[C@@H](N)CCCN=C(N)N)C(=O)O. The molecule has 0 radical (unpaired) electrons. The topological polar surface area (TPSA) is 295 Å². The second-order valence-corrected chi connectivity index (χ2v) is 11.3. The molecule has 0 aliphatic heterocycles. The highest BCUT2D eigenvalue weighted by Crippen LogP contribution is 2.19. The van der Waals surface area contributed by atoms with Crippen LogP contribution in [0.15, 0.2) is 70.8 Å². The molecular formula is C32H45N11O5. The van der Waals surface area contributed by atoms with Crippen molar-refractivity contribution in [2.24, 2.45) is 38.7 Å². The number of carbonyl (C=O) groups is 4. The molecule has 4 atom stereocenters. The summed E-state index contributed by atoms with van der Waals surface area (Å²) < 4.78 is 0. The van der Waals surface area contributed by atoms with Crippen molar-refractivity contribution in [3.8, 4) is 0 Å². The maximum absolute atomic E-state index is 13.9. The highest BCUT2D eigenvalue weighted by Gasteiger charge is 2.31. The van der Waals surface area contributed by atoms with E-state index in [1.807, 2.05) is 30.3 Å². The molecule has 48 heavy (non-hydrogen) atoms. The fraction of sp³-hybridized carbons (Fsp3) is 0.375. The third kappa shape index (κ3) is 11.9. The molecule has 0 unspecified atom stereocenters. The molecule has 3 aromatic rings. The first-order chi connectivity index (χ1) is 22.9. The maximum atomic E-state index is 13.9. The molecule has 2 aromatic carbocycles. The number of rotatable bonds is 19. The number of hydrogen-bond donors (Lipinski definition) is 10. The van der Waals surface area contributed by atoms with E-state index in [-0.39, 0.29) is 57.1 Å². The van der Waals surface area contributed by atoms with E-state index in [1.54, 1.807) is 30.5 Å². The van der Waals surface area contributed by atoms with E-state index in [9.17, 15) is 24.3 Å². The summed E-state index contributed by atoms with van der Waals surface area (Å²) in [6.45, 7) is 0.461. The number of aromatic amines is 1. The normalized spacial score (nSPS) is 13.4. The summed E-state index contributed by atoms with van der Waals surface area (Å²) >= 11 is 0. The van der Waals surface area contributed by atoms with E-state index >= 15 is 0 Å². The molecule has 0 saturated heterocycles. The lowest BCUT2D eigenvalue weighted by molar-refractivity contribution is -0.142. The smallest absolute Gasteiger partial charge is 0.326 e. The molecule has 16 nitrogen and oxygen atoms in total. The van der Waals surface area contributed by atoms with Crippen LogP contribution in [0.1, 0.15) is 36.8 Å². The number of carboxylic acids is 1. The summed E-state index contributed by atoms with van der Waals surface area (Å²) in [5, 5.41) is 18.7. The molecule has 0 aliphatic carbocycles. The fourth-order valence-corrected chi connectivity index (χ4v) is 5.02. The Balaban J connectivity index is 1.83. The van der Waals surface area contributed by atoms with E-state index in [2.05, 4.69) is 30.9 Å². The molecule has 0 spiro atoms. The first-order valence-corrected chi connectivity index (χ1v) is 15.5. The number of nitrogens with one attached hydrogen (secondary N) is 4. The summed E-state index contributed by atoms with van der Waals surface area (Å²) in [5.41, 5.74) is 29.9. The van der Waals surface area contributed by atoms with E-state index in [0.29, 0.717) is 6.42 Å². The van der Waals surface area contributed by atoms with E-state index in [0.717, 1.165) is 22.0 Å². The van der Waals surface area contributed by atoms with Gasteiger partial charge in [0.1, 0.15) is 18.1 Å². The van der Waals surface area contributed by atoms with E-state index in [4.69, 9.17) is 28.7 Å². The zero-order valence-corrected chi connectivity index (χ0v) is 26.6. The third-order valence-electron chi connectivity index (χ3n) is 7.51. The van der Waals surface area contributed by atoms with Crippen LogP contribution in [-0.2, 0) is 32.0 Å². The molecule has 1 heterocycles. The lowest BCUT2D eigenvalue weighted by atomic mass is 10.0. The van der Waals surface area contributed by atoms with Gasteiger partial charge in [0.25, 0.3) is 0 Å². The lowest BCUT2D eigenvalue weighted by Crippen LogP contribution is -2.58. The minimum absolute atomic E-state index is 0.0458. The van der Waals surface area contributed by atoms with E-state index < -0.39 is 47.9 Å². The number of guanidine groups is 2. The largest absolute Gasteiger partial charge is 0.480 e. The second-order valence-electron chi connectivity index (χ2n) is 11.3. The molecule has 258 valence electrons. The van der Waals surface area contributed by atoms with Gasteiger partial charge >= 0.3 is 5.97 Å². The molecule has 16 heteroatoms. The van der Waals surface area contributed by atoms with Crippen LogP contribution >= 0.6 is 0 Å². The van der Waals surface area contributed by atoms with Crippen LogP contribution in [0.2, 0.25) is 0 Å². The summed E-state index contributed by atoms with van der Waals surface area (Å²) in [6, 6.07) is 11.9. The van der Waals surface area contributed by atoms with Crippen molar-refractivity contribution in [3.63, 3.8) is 0 Å². The fourth-order valence-electron chi connectivity index (χ4n) is 5.02. The van der Waals surface area contributed by atoms with Gasteiger partial charge in [-0.05, 0) is 42.9 Å².